The lowest BCUT2D eigenvalue weighted by Crippen LogP contribution is -2.21. The lowest BCUT2D eigenvalue weighted by molar-refractivity contribution is 0.0921. The monoisotopic (exact) mass is 335 g/mol. The van der Waals surface area contributed by atoms with Crippen LogP contribution in [0.2, 0.25) is 10.0 Å². The summed E-state index contributed by atoms with van der Waals surface area (Å²) in [5.74, 6) is 1.11. The molecule has 0 aliphatic carbocycles. The highest BCUT2D eigenvalue weighted by Crippen LogP contribution is 2.29. The Morgan fingerprint density at radius 3 is 2.68 bits per heavy atom. The Kier molecular flexibility index (Phi) is 4.22. The molecule has 0 bridgehead atoms. The molecule has 6 heteroatoms. The molecule has 0 unspecified atom stereocenters. The number of amides is 1. The van der Waals surface area contributed by atoms with E-state index in [0.717, 1.165) is 5.56 Å². The van der Waals surface area contributed by atoms with Crippen LogP contribution in [0, 0.1) is 0 Å². The minimum atomic E-state index is -0.317. The van der Waals surface area contributed by atoms with Gasteiger partial charge in [-0.05, 0) is 42.5 Å². The molecule has 1 amide bonds. The molecule has 0 aliphatic heterocycles. The van der Waals surface area contributed by atoms with Crippen molar-refractivity contribution in [3.05, 3.63) is 70.3 Å². The molecule has 3 rings (SSSR count). The Morgan fingerprint density at radius 2 is 1.95 bits per heavy atom. The van der Waals surface area contributed by atoms with Crippen LogP contribution in [0.25, 0.3) is 11.3 Å². The van der Waals surface area contributed by atoms with E-state index in [4.69, 9.17) is 32.0 Å². The molecule has 0 saturated heterocycles. The third-order valence-electron chi connectivity index (χ3n) is 3.04. The molecule has 0 fully saturated rings. The summed E-state index contributed by atoms with van der Waals surface area (Å²) in [6.45, 7) is 0.300. The van der Waals surface area contributed by atoms with Crippen LogP contribution in [0.4, 0.5) is 0 Å². The first-order valence-electron chi connectivity index (χ1n) is 6.49. The van der Waals surface area contributed by atoms with Crippen molar-refractivity contribution < 1.29 is 13.6 Å². The van der Waals surface area contributed by atoms with Gasteiger partial charge in [0.1, 0.15) is 11.5 Å². The molecule has 4 nitrogen and oxygen atoms in total. The number of rotatable bonds is 4. The van der Waals surface area contributed by atoms with E-state index in [2.05, 4.69) is 5.32 Å². The maximum atomic E-state index is 12.0. The second kappa shape index (κ2) is 6.30. The number of hydrogen-bond acceptors (Lipinski definition) is 3. The lowest BCUT2D eigenvalue weighted by Gasteiger charge is -2.01. The number of benzene rings is 1. The van der Waals surface area contributed by atoms with Crippen molar-refractivity contribution in [3.8, 4) is 11.3 Å². The van der Waals surface area contributed by atoms with Crippen LogP contribution in [0.1, 0.15) is 16.3 Å². The van der Waals surface area contributed by atoms with E-state index in [1.165, 1.54) is 0 Å². The SMILES string of the molecule is O=C(NCc1ccco1)c1ccc(-c2ccc(Cl)c(Cl)c2)o1. The van der Waals surface area contributed by atoms with E-state index < -0.39 is 0 Å². The van der Waals surface area contributed by atoms with Crippen LogP contribution in [-0.4, -0.2) is 5.91 Å². The standard InChI is InChI=1S/C16H11Cl2NO3/c17-12-4-3-10(8-13(12)18)14-5-6-15(22-14)16(20)19-9-11-2-1-7-21-11/h1-8H,9H2,(H,19,20). The molecule has 2 aromatic heterocycles. The normalized spacial score (nSPS) is 10.6. The van der Waals surface area contributed by atoms with Gasteiger partial charge >= 0.3 is 0 Å². The summed E-state index contributed by atoms with van der Waals surface area (Å²) in [7, 11) is 0. The van der Waals surface area contributed by atoms with Crippen LogP contribution < -0.4 is 5.32 Å². The predicted octanol–water partition coefficient (Wildman–Crippen LogP) is 4.78. The van der Waals surface area contributed by atoms with Gasteiger partial charge in [-0.15, -0.1) is 0 Å². The summed E-state index contributed by atoms with van der Waals surface area (Å²) >= 11 is 11.9. The van der Waals surface area contributed by atoms with Gasteiger partial charge < -0.3 is 14.2 Å². The Bertz CT molecular complexity index is 794. The molecule has 0 saturated carbocycles. The number of carbonyl (C=O) groups is 1. The number of halogens is 2. The Morgan fingerprint density at radius 1 is 1.09 bits per heavy atom. The smallest absolute Gasteiger partial charge is 0.287 e. The molecule has 0 spiro atoms. The molecule has 22 heavy (non-hydrogen) atoms. The van der Waals surface area contributed by atoms with Crippen LogP contribution in [0.5, 0.6) is 0 Å². The third-order valence-corrected chi connectivity index (χ3v) is 3.78. The second-order valence-corrected chi connectivity index (χ2v) is 5.37. The molecule has 1 N–H and O–H groups in total. The van der Waals surface area contributed by atoms with E-state index >= 15 is 0 Å². The number of hydrogen-bond donors (Lipinski definition) is 1. The van der Waals surface area contributed by atoms with E-state index in [1.54, 1.807) is 48.7 Å². The Hall–Kier alpha value is -2.17. The van der Waals surface area contributed by atoms with Crippen molar-refractivity contribution in [3.63, 3.8) is 0 Å². The fourth-order valence-electron chi connectivity index (χ4n) is 1.93. The maximum Gasteiger partial charge on any atom is 0.287 e. The van der Waals surface area contributed by atoms with Gasteiger partial charge in [0.15, 0.2) is 5.76 Å². The highest BCUT2D eigenvalue weighted by atomic mass is 35.5. The summed E-state index contributed by atoms with van der Waals surface area (Å²) in [6.07, 6.45) is 1.55. The summed E-state index contributed by atoms with van der Waals surface area (Å²) in [4.78, 5) is 12.0. The topological polar surface area (TPSA) is 55.4 Å². The zero-order valence-electron chi connectivity index (χ0n) is 11.3. The van der Waals surface area contributed by atoms with Crippen molar-refractivity contribution in [1.82, 2.24) is 5.32 Å². The molecular weight excluding hydrogens is 325 g/mol. The van der Waals surface area contributed by atoms with Crippen LogP contribution in [0.15, 0.2) is 57.6 Å². The van der Waals surface area contributed by atoms with Gasteiger partial charge in [-0.25, -0.2) is 0 Å². The van der Waals surface area contributed by atoms with Crippen LogP contribution in [0.3, 0.4) is 0 Å². The summed E-state index contributed by atoms with van der Waals surface area (Å²) < 4.78 is 10.7. The second-order valence-electron chi connectivity index (χ2n) is 4.55. The Balaban J connectivity index is 1.72. The fourth-order valence-corrected chi connectivity index (χ4v) is 2.23. The first kappa shape index (κ1) is 14.8. The van der Waals surface area contributed by atoms with Gasteiger partial charge in [-0.1, -0.05) is 23.2 Å². The highest BCUT2D eigenvalue weighted by molar-refractivity contribution is 6.42. The average molecular weight is 336 g/mol. The van der Waals surface area contributed by atoms with Gasteiger partial charge in [0, 0.05) is 5.56 Å². The summed E-state index contributed by atoms with van der Waals surface area (Å²) in [5.41, 5.74) is 0.750. The minimum Gasteiger partial charge on any atom is -0.467 e. The molecule has 3 aromatic rings. The van der Waals surface area contributed by atoms with E-state index in [1.807, 2.05) is 0 Å². The molecular formula is C16H11Cl2NO3. The van der Waals surface area contributed by atoms with E-state index in [-0.39, 0.29) is 11.7 Å². The van der Waals surface area contributed by atoms with Gasteiger partial charge in [0.2, 0.25) is 0 Å². The number of furan rings is 2. The van der Waals surface area contributed by atoms with E-state index in [0.29, 0.717) is 28.1 Å². The van der Waals surface area contributed by atoms with Gasteiger partial charge in [0.05, 0.1) is 22.9 Å². The van der Waals surface area contributed by atoms with Crippen LogP contribution in [-0.2, 0) is 6.54 Å². The van der Waals surface area contributed by atoms with Gasteiger partial charge in [0.25, 0.3) is 5.91 Å². The van der Waals surface area contributed by atoms with Crippen LogP contribution >= 0.6 is 23.2 Å². The Labute approximate surface area is 136 Å². The largest absolute Gasteiger partial charge is 0.467 e. The molecule has 112 valence electrons. The quantitative estimate of drug-likeness (QED) is 0.746. The molecule has 1 aromatic carbocycles. The molecule has 0 atom stereocenters. The minimum absolute atomic E-state index is 0.215. The van der Waals surface area contributed by atoms with Crippen molar-refractivity contribution in [2.45, 2.75) is 6.54 Å². The maximum absolute atomic E-state index is 12.0. The first-order chi connectivity index (χ1) is 10.6. The van der Waals surface area contributed by atoms with Crippen molar-refractivity contribution in [1.29, 1.82) is 0 Å². The third kappa shape index (κ3) is 3.18. The summed E-state index contributed by atoms with van der Waals surface area (Å²) in [6, 6.07) is 12.0. The van der Waals surface area contributed by atoms with Crippen molar-refractivity contribution in [2.75, 3.05) is 0 Å². The van der Waals surface area contributed by atoms with Crippen molar-refractivity contribution in [2.24, 2.45) is 0 Å². The first-order valence-corrected chi connectivity index (χ1v) is 7.25. The van der Waals surface area contributed by atoms with Gasteiger partial charge in [-0.2, -0.15) is 0 Å². The summed E-state index contributed by atoms with van der Waals surface area (Å²) in [5, 5.41) is 3.61. The molecule has 0 radical (unpaired) electrons. The number of carbonyl (C=O) groups excluding carboxylic acids is 1. The molecule has 2 heterocycles. The zero-order chi connectivity index (χ0) is 15.5. The fraction of sp³-hybridized carbons (Fsp3) is 0.0625. The number of nitrogens with one attached hydrogen (secondary N) is 1. The zero-order valence-corrected chi connectivity index (χ0v) is 12.8. The van der Waals surface area contributed by atoms with E-state index in [9.17, 15) is 4.79 Å². The average Bonchev–Trinajstić information content (AvgIpc) is 3.18. The molecule has 0 aliphatic rings. The predicted molar refractivity (Wildman–Crippen MR) is 84.0 cm³/mol. The van der Waals surface area contributed by atoms with Crippen molar-refractivity contribution >= 4 is 29.1 Å². The lowest BCUT2D eigenvalue weighted by atomic mass is 10.2. The van der Waals surface area contributed by atoms with Gasteiger partial charge in [-0.3, -0.25) is 4.79 Å². The highest BCUT2D eigenvalue weighted by Gasteiger charge is 2.13.